The molecule has 4 heteroatoms. The van der Waals surface area contributed by atoms with Gasteiger partial charge in [0.2, 0.25) is 0 Å². The molecule has 0 aliphatic heterocycles. The topological polar surface area (TPSA) is 42.2 Å². The Labute approximate surface area is 113 Å². The van der Waals surface area contributed by atoms with Crippen LogP contribution in [0.25, 0.3) is 0 Å². The first kappa shape index (κ1) is 12.4. The monoisotopic (exact) mass is 265 g/mol. The molecule has 2 saturated carbocycles. The maximum Gasteiger partial charge on any atom is 0.186 e. The van der Waals surface area contributed by atoms with Gasteiger partial charge >= 0.3 is 0 Å². The number of rotatable bonds is 6. The molecule has 0 amide bonds. The van der Waals surface area contributed by atoms with Crippen LogP contribution >= 0.6 is 11.3 Å². The number of anilines is 1. The van der Waals surface area contributed by atoms with E-state index >= 15 is 0 Å². The van der Waals surface area contributed by atoms with Gasteiger partial charge in [0.05, 0.1) is 5.69 Å². The predicted molar refractivity (Wildman–Crippen MR) is 77.2 cm³/mol. The Morgan fingerprint density at radius 2 is 2.06 bits per heavy atom. The number of hydrogen-bond acceptors (Lipinski definition) is 4. The highest BCUT2D eigenvalue weighted by Gasteiger charge is 2.32. The van der Waals surface area contributed by atoms with Gasteiger partial charge in [0, 0.05) is 29.9 Å². The molecule has 0 radical (unpaired) electrons. The average molecular weight is 265 g/mol. The smallest absolute Gasteiger partial charge is 0.186 e. The molecule has 1 aromatic heterocycles. The lowest BCUT2D eigenvalue weighted by Gasteiger charge is -2.26. The third kappa shape index (κ3) is 2.54. The van der Waals surface area contributed by atoms with Crippen LogP contribution in [0.5, 0.6) is 0 Å². The van der Waals surface area contributed by atoms with E-state index < -0.39 is 0 Å². The van der Waals surface area contributed by atoms with Crippen LogP contribution in [0.1, 0.15) is 56.0 Å². The van der Waals surface area contributed by atoms with Gasteiger partial charge in [0.1, 0.15) is 0 Å². The summed E-state index contributed by atoms with van der Waals surface area (Å²) in [5.74, 6) is 1.62. The molecule has 100 valence electrons. The van der Waals surface area contributed by atoms with Crippen LogP contribution in [0.4, 0.5) is 5.13 Å². The second-order valence-corrected chi connectivity index (χ2v) is 7.03. The van der Waals surface area contributed by atoms with Gasteiger partial charge in [-0.05, 0) is 45.4 Å². The second kappa shape index (κ2) is 4.82. The predicted octanol–water partition coefficient (Wildman–Crippen LogP) is 3.10. The Kier molecular flexibility index (Phi) is 3.32. The molecule has 0 aromatic carbocycles. The van der Waals surface area contributed by atoms with Crippen molar-refractivity contribution in [1.29, 1.82) is 0 Å². The summed E-state index contributed by atoms with van der Waals surface area (Å²) in [5.41, 5.74) is 7.18. The molecule has 0 bridgehead atoms. The summed E-state index contributed by atoms with van der Waals surface area (Å²) in [4.78, 5) is 8.70. The number of thiazole rings is 1. The van der Waals surface area contributed by atoms with Crippen LogP contribution in [-0.4, -0.2) is 17.6 Å². The summed E-state index contributed by atoms with van der Waals surface area (Å²) in [6, 6.07) is 0.537. The van der Waals surface area contributed by atoms with Gasteiger partial charge in [-0.25, -0.2) is 4.98 Å². The van der Waals surface area contributed by atoms with Gasteiger partial charge in [0.15, 0.2) is 5.13 Å². The van der Waals surface area contributed by atoms with Crippen LogP contribution in [-0.2, 0) is 6.54 Å². The van der Waals surface area contributed by atoms with Crippen LogP contribution in [0.15, 0.2) is 0 Å². The maximum atomic E-state index is 5.87. The zero-order chi connectivity index (χ0) is 12.7. The van der Waals surface area contributed by atoms with Crippen LogP contribution in [0.3, 0.4) is 0 Å². The van der Waals surface area contributed by atoms with Gasteiger partial charge in [0.25, 0.3) is 0 Å². The van der Waals surface area contributed by atoms with Crippen molar-refractivity contribution in [3.8, 4) is 0 Å². The van der Waals surface area contributed by atoms with Crippen molar-refractivity contribution in [1.82, 2.24) is 4.98 Å². The van der Waals surface area contributed by atoms with E-state index in [1.165, 1.54) is 47.9 Å². The zero-order valence-corrected chi connectivity index (χ0v) is 12.2. The molecule has 0 spiro atoms. The van der Waals surface area contributed by atoms with Crippen molar-refractivity contribution in [2.24, 2.45) is 11.7 Å². The van der Waals surface area contributed by atoms with Crippen molar-refractivity contribution in [3.63, 3.8) is 0 Å². The summed E-state index contributed by atoms with van der Waals surface area (Å²) in [5, 5.41) is 1.21. The lowest BCUT2D eigenvalue weighted by atomic mass is 10.2. The molecule has 2 aliphatic carbocycles. The summed E-state index contributed by atoms with van der Waals surface area (Å²) in [7, 11) is 0. The Bertz CT molecular complexity index is 419. The van der Waals surface area contributed by atoms with E-state index in [0.29, 0.717) is 18.5 Å². The second-order valence-electron chi connectivity index (χ2n) is 5.97. The first-order valence-electron chi connectivity index (χ1n) is 7.15. The van der Waals surface area contributed by atoms with Crippen LogP contribution in [0.2, 0.25) is 0 Å². The van der Waals surface area contributed by atoms with Gasteiger partial charge in [-0.15, -0.1) is 11.3 Å². The molecular weight excluding hydrogens is 242 g/mol. The molecule has 1 heterocycles. The average Bonchev–Trinajstić information content (AvgIpc) is 3.25. The number of aromatic nitrogens is 1. The van der Waals surface area contributed by atoms with Crippen molar-refractivity contribution >= 4 is 16.5 Å². The molecule has 2 fully saturated rings. The molecule has 2 aliphatic rings. The SMILES string of the molecule is CC(C)N(CC1CC1)c1nc(C2CC2)c(CN)s1. The first-order valence-corrected chi connectivity index (χ1v) is 7.97. The minimum absolute atomic E-state index is 0.537. The quantitative estimate of drug-likeness (QED) is 0.859. The van der Waals surface area contributed by atoms with Crippen molar-refractivity contribution < 1.29 is 0 Å². The minimum Gasteiger partial charge on any atom is -0.345 e. The first-order chi connectivity index (χ1) is 8.69. The van der Waals surface area contributed by atoms with Crippen molar-refractivity contribution in [3.05, 3.63) is 10.6 Å². The van der Waals surface area contributed by atoms with E-state index in [9.17, 15) is 0 Å². The highest BCUT2D eigenvalue weighted by Crippen LogP contribution is 2.44. The summed E-state index contributed by atoms with van der Waals surface area (Å²) in [6.45, 7) is 6.36. The van der Waals surface area contributed by atoms with E-state index in [2.05, 4.69) is 18.7 Å². The number of hydrogen-bond donors (Lipinski definition) is 1. The Hall–Kier alpha value is -0.610. The molecular formula is C14H23N3S. The Morgan fingerprint density at radius 1 is 1.33 bits per heavy atom. The molecule has 1 aromatic rings. The number of nitrogens with two attached hydrogens (primary N) is 1. The van der Waals surface area contributed by atoms with Crippen molar-refractivity contribution in [2.45, 2.75) is 58.0 Å². The zero-order valence-electron chi connectivity index (χ0n) is 11.4. The normalized spacial score (nSPS) is 19.6. The van der Waals surface area contributed by atoms with E-state index in [-0.39, 0.29) is 0 Å². The Balaban J connectivity index is 1.83. The fraction of sp³-hybridized carbons (Fsp3) is 0.786. The molecule has 2 N–H and O–H groups in total. The molecule has 0 saturated heterocycles. The van der Waals surface area contributed by atoms with E-state index in [1.54, 1.807) is 0 Å². The maximum absolute atomic E-state index is 5.87. The standard InChI is InChI=1S/C14H23N3S/c1-9(2)17(8-10-3-4-10)14-16-13(11-5-6-11)12(7-15)18-14/h9-11H,3-8,15H2,1-2H3. The van der Waals surface area contributed by atoms with Gasteiger partial charge in [-0.1, -0.05) is 0 Å². The third-order valence-corrected chi connectivity index (χ3v) is 5.02. The van der Waals surface area contributed by atoms with Gasteiger partial charge in [-0.2, -0.15) is 0 Å². The fourth-order valence-electron chi connectivity index (χ4n) is 2.38. The highest BCUT2D eigenvalue weighted by molar-refractivity contribution is 7.15. The van der Waals surface area contributed by atoms with Gasteiger partial charge in [-0.3, -0.25) is 0 Å². The van der Waals surface area contributed by atoms with Crippen LogP contribution in [0, 0.1) is 5.92 Å². The summed E-state index contributed by atoms with van der Waals surface area (Å²) in [6.07, 6.45) is 5.41. The molecule has 3 nitrogen and oxygen atoms in total. The van der Waals surface area contributed by atoms with Crippen molar-refractivity contribution in [2.75, 3.05) is 11.4 Å². The minimum atomic E-state index is 0.537. The summed E-state index contributed by atoms with van der Waals surface area (Å²) < 4.78 is 0. The summed E-state index contributed by atoms with van der Waals surface area (Å²) >= 11 is 1.82. The van der Waals surface area contributed by atoms with Crippen LogP contribution < -0.4 is 10.6 Å². The Morgan fingerprint density at radius 3 is 2.56 bits per heavy atom. The fourth-order valence-corrected chi connectivity index (χ4v) is 3.55. The number of nitrogens with zero attached hydrogens (tertiary/aromatic N) is 2. The van der Waals surface area contributed by atoms with E-state index in [0.717, 1.165) is 5.92 Å². The largest absolute Gasteiger partial charge is 0.345 e. The van der Waals surface area contributed by atoms with Gasteiger partial charge < -0.3 is 10.6 Å². The molecule has 0 unspecified atom stereocenters. The lowest BCUT2D eigenvalue weighted by molar-refractivity contribution is 0.641. The van der Waals surface area contributed by atoms with E-state index in [1.807, 2.05) is 11.3 Å². The molecule has 18 heavy (non-hydrogen) atoms. The van der Waals surface area contributed by atoms with E-state index in [4.69, 9.17) is 10.7 Å². The molecule has 0 atom stereocenters. The highest BCUT2D eigenvalue weighted by atomic mass is 32.1. The third-order valence-electron chi connectivity index (χ3n) is 3.89. The lowest BCUT2D eigenvalue weighted by Crippen LogP contribution is -2.32. The molecule has 3 rings (SSSR count).